The molecule has 0 fully saturated rings. The Morgan fingerprint density at radius 2 is 2.00 bits per heavy atom. The van der Waals surface area contributed by atoms with Crippen molar-refractivity contribution in [1.82, 2.24) is 9.97 Å². The quantitative estimate of drug-likeness (QED) is 0.680. The minimum absolute atomic E-state index is 0.219. The molecule has 0 bridgehead atoms. The summed E-state index contributed by atoms with van der Waals surface area (Å²) in [7, 11) is 0. The number of para-hydroxylation sites is 2. The van der Waals surface area contributed by atoms with E-state index in [9.17, 15) is 4.79 Å². The van der Waals surface area contributed by atoms with Crippen LogP contribution >= 0.6 is 0 Å². The van der Waals surface area contributed by atoms with E-state index in [1.807, 2.05) is 43.3 Å². The SMILES string of the molecule is CCOc1ccccc1NC(=O)c1ccnc(NCc2cccnc2)c1. The standard InChI is InChI=1S/C20H20N4O2/c1-2-26-18-8-4-3-7-17(18)24-20(25)16-9-11-22-19(12-16)23-14-15-6-5-10-21-13-15/h3-13H,2,14H2,1H3,(H,22,23)(H,24,25). The van der Waals surface area contributed by atoms with Gasteiger partial charge in [-0.3, -0.25) is 9.78 Å². The van der Waals surface area contributed by atoms with Crippen molar-refractivity contribution in [2.45, 2.75) is 13.5 Å². The summed E-state index contributed by atoms with van der Waals surface area (Å²) < 4.78 is 5.54. The third-order valence-electron chi connectivity index (χ3n) is 3.65. The zero-order valence-electron chi connectivity index (χ0n) is 14.5. The Bertz CT molecular complexity index is 868. The molecule has 0 atom stereocenters. The molecule has 3 rings (SSSR count). The molecule has 3 aromatic rings. The Morgan fingerprint density at radius 1 is 1.12 bits per heavy atom. The number of hydrogen-bond acceptors (Lipinski definition) is 5. The third-order valence-corrected chi connectivity index (χ3v) is 3.65. The Labute approximate surface area is 152 Å². The highest BCUT2D eigenvalue weighted by atomic mass is 16.5. The normalized spacial score (nSPS) is 10.2. The molecule has 1 aromatic carbocycles. The molecule has 0 radical (unpaired) electrons. The van der Waals surface area contributed by atoms with Crippen LogP contribution in [0.15, 0.2) is 67.1 Å². The monoisotopic (exact) mass is 348 g/mol. The van der Waals surface area contributed by atoms with Gasteiger partial charge >= 0.3 is 0 Å². The van der Waals surface area contributed by atoms with Crippen molar-refractivity contribution in [2.75, 3.05) is 17.2 Å². The van der Waals surface area contributed by atoms with Crippen molar-refractivity contribution in [3.05, 3.63) is 78.2 Å². The molecule has 2 N–H and O–H groups in total. The first-order chi connectivity index (χ1) is 12.8. The highest BCUT2D eigenvalue weighted by Crippen LogP contribution is 2.24. The van der Waals surface area contributed by atoms with Crippen LogP contribution in [0.1, 0.15) is 22.8 Å². The summed E-state index contributed by atoms with van der Waals surface area (Å²) >= 11 is 0. The van der Waals surface area contributed by atoms with Crippen LogP contribution in [0.3, 0.4) is 0 Å². The van der Waals surface area contributed by atoms with E-state index in [1.165, 1.54) is 0 Å². The van der Waals surface area contributed by atoms with Crippen molar-refractivity contribution >= 4 is 17.4 Å². The van der Waals surface area contributed by atoms with Crippen LogP contribution in [-0.2, 0) is 6.54 Å². The Balaban J connectivity index is 1.68. The zero-order chi connectivity index (χ0) is 18.2. The number of hydrogen-bond donors (Lipinski definition) is 2. The molecule has 132 valence electrons. The van der Waals surface area contributed by atoms with E-state index in [0.29, 0.717) is 36.0 Å². The van der Waals surface area contributed by atoms with Crippen LogP contribution in [-0.4, -0.2) is 22.5 Å². The number of anilines is 2. The maximum atomic E-state index is 12.6. The number of rotatable bonds is 7. The van der Waals surface area contributed by atoms with E-state index < -0.39 is 0 Å². The van der Waals surface area contributed by atoms with Gasteiger partial charge in [0.2, 0.25) is 0 Å². The molecule has 26 heavy (non-hydrogen) atoms. The van der Waals surface area contributed by atoms with Gasteiger partial charge < -0.3 is 15.4 Å². The van der Waals surface area contributed by atoms with Crippen LogP contribution < -0.4 is 15.4 Å². The Hall–Kier alpha value is -3.41. The van der Waals surface area contributed by atoms with E-state index >= 15 is 0 Å². The summed E-state index contributed by atoms with van der Waals surface area (Å²) in [5, 5.41) is 6.08. The molecule has 2 heterocycles. The first-order valence-electron chi connectivity index (χ1n) is 8.38. The summed E-state index contributed by atoms with van der Waals surface area (Å²) in [5.74, 6) is 1.05. The lowest BCUT2D eigenvalue weighted by molar-refractivity contribution is 0.102. The first-order valence-corrected chi connectivity index (χ1v) is 8.38. The second kappa shape index (κ2) is 8.62. The smallest absolute Gasteiger partial charge is 0.255 e. The van der Waals surface area contributed by atoms with Crippen LogP contribution in [0, 0.1) is 0 Å². The molecule has 0 aliphatic carbocycles. The van der Waals surface area contributed by atoms with Crippen LogP contribution in [0.25, 0.3) is 0 Å². The minimum atomic E-state index is -0.219. The van der Waals surface area contributed by atoms with Gasteiger partial charge in [0.05, 0.1) is 12.3 Å². The Kier molecular flexibility index (Phi) is 5.77. The fraction of sp³-hybridized carbons (Fsp3) is 0.150. The summed E-state index contributed by atoms with van der Waals surface area (Å²) in [5.41, 5.74) is 2.19. The maximum Gasteiger partial charge on any atom is 0.255 e. The van der Waals surface area contributed by atoms with E-state index in [2.05, 4.69) is 20.6 Å². The highest BCUT2D eigenvalue weighted by molar-refractivity contribution is 6.05. The molecule has 6 nitrogen and oxygen atoms in total. The van der Waals surface area contributed by atoms with Crippen molar-refractivity contribution in [3.8, 4) is 5.75 Å². The molecule has 0 spiro atoms. The van der Waals surface area contributed by atoms with Crippen molar-refractivity contribution in [2.24, 2.45) is 0 Å². The highest BCUT2D eigenvalue weighted by Gasteiger charge is 2.10. The van der Waals surface area contributed by atoms with Crippen molar-refractivity contribution in [3.63, 3.8) is 0 Å². The predicted octanol–water partition coefficient (Wildman–Crippen LogP) is 3.74. The molecule has 0 aliphatic heterocycles. The van der Waals surface area contributed by atoms with Gasteiger partial charge in [-0.1, -0.05) is 18.2 Å². The van der Waals surface area contributed by atoms with Crippen LogP contribution in [0.2, 0.25) is 0 Å². The largest absolute Gasteiger partial charge is 0.492 e. The maximum absolute atomic E-state index is 12.6. The van der Waals surface area contributed by atoms with Gasteiger partial charge in [-0.15, -0.1) is 0 Å². The summed E-state index contributed by atoms with van der Waals surface area (Å²) in [6, 6.07) is 14.6. The topological polar surface area (TPSA) is 76.1 Å². The van der Waals surface area contributed by atoms with Gasteiger partial charge in [0.1, 0.15) is 11.6 Å². The molecule has 0 aliphatic rings. The number of nitrogens with zero attached hydrogens (tertiary/aromatic N) is 2. The second-order valence-corrected chi connectivity index (χ2v) is 5.53. The van der Waals surface area contributed by atoms with Gasteiger partial charge in [0.25, 0.3) is 5.91 Å². The minimum Gasteiger partial charge on any atom is -0.492 e. The third kappa shape index (κ3) is 4.57. The number of nitrogens with one attached hydrogen (secondary N) is 2. The fourth-order valence-electron chi connectivity index (χ4n) is 2.41. The molecule has 0 unspecified atom stereocenters. The van der Waals surface area contributed by atoms with Gasteiger partial charge in [-0.25, -0.2) is 4.98 Å². The number of aromatic nitrogens is 2. The van der Waals surface area contributed by atoms with Crippen LogP contribution in [0.4, 0.5) is 11.5 Å². The zero-order valence-corrected chi connectivity index (χ0v) is 14.5. The van der Waals surface area contributed by atoms with Gasteiger partial charge in [-0.2, -0.15) is 0 Å². The lowest BCUT2D eigenvalue weighted by atomic mass is 10.2. The molecular formula is C20H20N4O2. The average molecular weight is 348 g/mol. The summed E-state index contributed by atoms with van der Waals surface area (Å²) in [6.07, 6.45) is 5.12. The molecule has 1 amide bonds. The second-order valence-electron chi connectivity index (χ2n) is 5.53. The fourth-order valence-corrected chi connectivity index (χ4v) is 2.41. The van der Waals surface area contributed by atoms with E-state index in [1.54, 1.807) is 30.7 Å². The number of carbonyl (C=O) groups excluding carboxylic acids is 1. The predicted molar refractivity (Wildman–Crippen MR) is 101 cm³/mol. The average Bonchev–Trinajstić information content (AvgIpc) is 2.69. The van der Waals surface area contributed by atoms with E-state index in [-0.39, 0.29) is 5.91 Å². The molecule has 0 saturated carbocycles. The van der Waals surface area contributed by atoms with Crippen molar-refractivity contribution < 1.29 is 9.53 Å². The molecule has 0 saturated heterocycles. The number of amides is 1. The summed E-state index contributed by atoms with van der Waals surface area (Å²) in [4.78, 5) is 20.9. The number of benzene rings is 1. The number of carbonyl (C=O) groups is 1. The van der Waals surface area contributed by atoms with Gasteiger partial charge in [-0.05, 0) is 42.8 Å². The molecule has 6 heteroatoms. The molecular weight excluding hydrogens is 328 g/mol. The van der Waals surface area contributed by atoms with Gasteiger partial charge in [0, 0.05) is 30.7 Å². The lowest BCUT2D eigenvalue weighted by Crippen LogP contribution is -2.13. The van der Waals surface area contributed by atoms with Gasteiger partial charge in [0.15, 0.2) is 0 Å². The first kappa shape index (κ1) is 17.4. The van der Waals surface area contributed by atoms with E-state index in [0.717, 1.165) is 5.56 Å². The summed E-state index contributed by atoms with van der Waals surface area (Å²) in [6.45, 7) is 3.02. The lowest BCUT2D eigenvalue weighted by Gasteiger charge is -2.12. The number of ether oxygens (including phenoxy) is 1. The Morgan fingerprint density at radius 3 is 2.81 bits per heavy atom. The van der Waals surface area contributed by atoms with Crippen molar-refractivity contribution in [1.29, 1.82) is 0 Å². The van der Waals surface area contributed by atoms with E-state index in [4.69, 9.17) is 4.74 Å². The number of pyridine rings is 2. The van der Waals surface area contributed by atoms with Crippen LogP contribution in [0.5, 0.6) is 5.75 Å². The molecule has 2 aromatic heterocycles.